The fourth-order valence-corrected chi connectivity index (χ4v) is 8.28. The number of nitrogens with two attached hydrogens (primary N) is 1. The summed E-state index contributed by atoms with van der Waals surface area (Å²) in [5.41, 5.74) is 8.00. The number of anilines is 1. The number of piperidine rings is 1. The molecule has 2 aliphatic rings. The fourth-order valence-electron chi connectivity index (χ4n) is 7.97. The Morgan fingerprint density at radius 3 is 2.31 bits per heavy atom. The molecule has 6 rings (SSSR count). The second-order valence-corrected chi connectivity index (χ2v) is 16.7. The van der Waals surface area contributed by atoms with E-state index in [4.69, 9.17) is 24.7 Å². The minimum Gasteiger partial charge on any atom is -0.378 e. The number of carbonyl (C=O) groups excluding carboxylic acids is 5. The average Bonchev–Trinajstić information content (AvgIpc) is 3.70. The third-order valence-electron chi connectivity index (χ3n) is 11.2. The van der Waals surface area contributed by atoms with E-state index in [0.29, 0.717) is 72.0 Å². The highest BCUT2D eigenvalue weighted by molar-refractivity contribution is 9.10. The Bertz CT molecular complexity index is 2280. The number of benzene rings is 1. The lowest BCUT2D eigenvalue weighted by molar-refractivity contribution is -0.141. The molecule has 0 unspecified atom stereocenters. The maximum absolute atomic E-state index is 14.4. The van der Waals surface area contributed by atoms with Crippen molar-refractivity contribution in [2.24, 2.45) is 11.7 Å². The van der Waals surface area contributed by atoms with E-state index >= 15 is 0 Å². The largest absolute Gasteiger partial charge is 0.378 e. The van der Waals surface area contributed by atoms with Gasteiger partial charge in [0.1, 0.15) is 47.7 Å². The lowest BCUT2D eigenvalue weighted by Crippen LogP contribution is -2.51. The zero-order valence-corrected chi connectivity index (χ0v) is 38.1. The summed E-state index contributed by atoms with van der Waals surface area (Å²) in [5, 5.41) is 13.6. The van der Waals surface area contributed by atoms with Gasteiger partial charge < -0.3 is 45.5 Å². The highest BCUT2D eigenvalue weighted by atomic mass is 79.9. The van der Waals surface area contributed by atoms with Crippen LogP contribution in [0.5, 0.6) is 0 Å². The van der Waals surface area contributed by atoms with Crippen LogP contribution in [0, 0.1) is 12.8 Å². The van der Waals surface area contributed by atoms with E-state index in [0.717, 1.165) is 36.8 Å². The van der Waals surface area contributed by atoms with E-state index < -0.39 is 6.04 Å². The summed E-state index contributed by atoms with van der Waals surface area (Å²) < 4.78 is 23.3. The van der Waals surface area contributed by atoms with Gasteiger partial charge in [-0.2, -0.15) is 5.10 Å². The molecule has 1 aliphatic heterocycles. The molecule has 4 amide bonds. The van der Waals surface area contributed by atoms with Crippen LogP contribution < -0.4 is 21.7 Å². The summed E-state index contributed by atoms with van der Waals surface area (Å²) in [6.45, 7) is 7.68. The van der Waals surface area contributed by atoms with E-state index in [1.54, 1.807) is 22.0 Å². The number of unbranched alkanes of at least 4 members (excludes halogenated alkanes) is 1. The highest BCUT2D eigenvalue weighted by Crippen LogP contribution is 2.61. The molecule has 2 fully saturated rings. The number of nitrogens with one attached hydrogen (secondary N) is 3. The molecule has 64 heavy (non-hydrogen) atoms. The number of Topliss-reactive ketones (excluding diaryl/α,β-unsaturated/α-hetero) is 1. The van der Waals surface area contributed by atoms with Gasteiger partial charge in [-0.15, -0.1) is 0 Å². The molecule has 0 radical (unpaired) electrons. The molecule has 1 aromatic carbocycles. The average molecular weight is 950 g/mol. The second kappa shape index (κ2) is 23.1. The van der Waals surface area contributed by atoms with Gasteiger partial charge in [0.2, 0.25) is 23.6 Å². The summed E-state index contributed by atoms with van der Waals surface area (Å²) in [6, 6.07) is 8.51. The van der Waals surface area contributed by atoms with Crippen molar-refractivity contribution in [3.8, 4) is 11.1 Å². The maximum atomic E-state index is 14.4. The van der Waals surface area contributed by atoms with Crippen LogP contribution in [0.4, 0.5) is 5.82 Å². The second-order valence-electron chi connectivity index (χ2n) is 15.8. The van der Waals surface area contributed by atoms with Crippen molar-refractivity contribution in [3.63, 3.8) is 0 Å². The predicted octanol–water partition coefficient (Wildman–Crippen LogP) is 3.11. The standard InChI is InChI=1S/C44H57BrN10O9/c1-4-5-10-44-21-32(44)20-35(43(60)52-42-28(2)6-9-36(45)51-42)55(44)40(59)25-54-34-8-7-30(19-33(34)41(53-54)29(3)56)31-22-48-37(49-23-31)24-50-39(58)27-64-18-16-62-14-12-47-38(57)26-63-17-15-61-13-11-46/h6-9,19,22-23,32,35H,4-5,10-18,20-21,24-27,46H2,1-3H3,(H,47,57)(H,50,58)(H,51,52,60)/t32-,35-,44+/m0/s1. The molecule has 3 atom stereocenters. The van der Waals surface area contributed by atoms with E-state index in [2.05, 4.69) is 58.9 Å². The first-order valence-electron chi connectivity index (χ1n) is 21.6. The Balaban J connectivity index is 0.993. The van der Waals surface area contributed by atoms with Crippen molar-refractivity contribution in [2.45, 2.75) is 77.5 Å². The van der Waals surface area contributed by atoms with E-state index in [1.807, 2.05) is 37.3 Å². The summed E-state index contributed by atoms with van der Waals surface area (Å²) in [4.78, 5) is 80.4. The van der Waals surface area contributed by atoms with Crippen LogP contribution in [0.25, 0.3) is 22.0 Å². The molecule has 1 saturated heterocycles. The van der Waals surface area contributed by atoms with Gasteiger partial charge in [-0.25, -0.2) is 15.0 Å². The predicted molar refractivity (Wildman–Crippen MR) is 239 cm³/mol. The number of amides is 4. The molecule has 1 saturated carbocycles. The van der Waals surface area contributed by atoms with Gasteiger partial charge in [0, 0.05) is 48.9 Å². The van der Waals surface area contributed by atoms with Crippen molar-refractivity contribution >= 4 is 62.1 Å². The van der Waals surface area contributed by atoms with Crippen molar-refractivity contribution in [1.82, 2.24) is 40.3 Å². The third-order valence-corrected chi connectivity index (χ3v) is 11.7. The topological polar surface area (TPSA) is 244 Å². The van der Waals surface area contributed by atoms with Gasteiger partial charge >= 0.3 is 0 Å². The Labute approximate surface area is 380 Å². The van der Waals surface area contributed by atoms with Gasteiger partial charge in [-0.1, -0.05) is 31.9 Å². The first-order valence-corrected chi connectivity index (χ1v) is 22.4. The van der Waals surface area contributed by atoms with E-state index in [1.165, 1.54) is 6.92 Å². The first kappa shape index (κ1) is 48.2. The van der Waals surface area contributed by atoms with Crippen LogP contribution >= 0.6 is 15.9 Å². The smallest absolute Gasteiger partial charge is 0.248 e. The lowest BCUT2D eigenvalue weighted by Gasteiger charge is -2.34. The Kier molecular flexibility index (Phi) is 17.4. The number of aromatic nitrogens is 5. The molecular weight excluding hydrogens is 892 g/mol. The van der Waals surface area contributed by atoms with E-state index in [9.17, 15) is 24.0 Å². The highest BCUT2D eigenvalue weighted by Gasteiger charge is 2.67. The number of carbonyl (C=O) groups is 5. The minimum atomic E-state index is -0.663. The maximum Gasteiger partial charge on any atom is 0.248 e. The minimum absolute atomic E-state index is 0.0730. The van der Waals surface area contributed by atoms with Crippen molar-refractivity contribution in [1.29, 1.82) is 0 Å². The number of pyridine rings is 1. The number of hydrogen-bond acceptors (Lipinski definition) is 14. The molecule has 5 N–H and O–H groups in total. The lowest BCUT2D eigenvalue weighted by atomic mass is 10.0. The number of likely N-dealkylation sites (tertiary alicyclic amines) is 1. The van der Waals surface area contributed by atoms with Crippen LogP contribution in [-0.4, -0.2) is 137 Å². The van der Waals surface area contributed by atoms with Crippen LogP contribution in [-0.2, 0) is 51.2 Å². The number of aryl methyl sites for hydroxylation is 1. The third kappa shape index (κ3) is 12.5. The van der Waals surface area contributed by atoms with Crippen LogP contribution in [0.2, 0.25) is 0 Å². The molecule has 1 aliphatic carbocycles. The number of fused-ring (bicyclic) bond motifs is 2. The van der Waals surface area contributed by atoms with Crippen molar-refractivity contribution in [3.05, 3.63) is 64.4 Å². The molecular formula is C44H57BrN10O9. The molecule has 344 valence electrons. The summed E-state index contributed by atoms with van der Waals surface area (Å²) in [6.07, 6.45) is 7.41. The molecule has 20 heteroatoms. The summed E-state index contributed by atoms with van der Waals surface area (Å²) >= 11 is 3.38. The summed E-state index contributed by atoms with van der Waals surface area (Å²) in [7, 11) is 0. The van der Waals surface area contributed by atoms with Gasteiger partial charge in [0.05, 0.1) is 51.7 Å². The molecule has 4 aromatic rings. The number of ketones is 1. The van der Waals surface area contributed by atoms with Crippen molar-refractivity contribution in [2.75, 3.05) is 71.3 Å². The zero-order valence-electron chi connectivity index (χ0n) is 36.5. The Morgan fingerprint density at radius 1 is 0.906 bits per heavy atom. The SMILES string of the molecule is CCCC[C@@]12C[C@@H]1C[C@@H](C(=O)Nc1nc(Br)ccc1C)N2C(=O)Cn1nc(C(C)=O)c2cc(-c3cnc(CNC(=O)COCCOCCNC(=O)COCCOCCN)nc3)ccc21. The molecule has 4 heterocycles. The van der Waals surface area contributed by atoms with Crippen LogP contribution in [0.1, 0.15) is 67.8 Å². The van der Waals surface area contributed by atoms with Crippen LogP contribution in [0.15, 0.2) is 47.3 Å². The molecule has 19 nitrogen and oxygen atoms in total. The Morgan fingerprint density at radius 2 is 1.61 bits per heavy atom. The van der Waals surface area contributed by atoms with Gasteiger partial charge in [0.15, 0.2) is 5.78 Å². The van der Waals surface area contributed by atoms with Gasteiger partial charge in [-0.05, 0) is 77.4 Å². The monoisotopic (exact) mass is 948 g/mol. The van der Waals surface area contributed by atoms with E-state index in [-0.39, 0.29) is 92.7 Å². The number of nitrogens with zero attached hydrogens (tertiary/aromatic N) is 6. The first-order chi connectivity index (χ1) is 30.9. The van der Waals surface area contributed by atoms with Crippen LogP contribution in [0.3, 0.4) is 0 Å². The number of ether oxygens (including phenoxy) is 4. The Hall–Kier alpha value is -5.25. The zero-order chi connectivity index (χ0) is 45.6. The quantitative estimate of drug-likeness (QED) is 0.0402. The molecule has 0 bridgehead atoms. The number of hydrogen-bond donors (Lipinski definition) is 4. The number of rotatable bonds is 26. The van der Waals surface area contributed by atoms with Gasteiger partial charge in [-0.3, -0.25) is 28.7 Å². The van der Waals surface area contributed by atoms with Gasteiger partial charge in [0.25, 0.3) is 0 Å². The summed E-state index contributed by atoms with van der Waals surface area (Å²) in [5.74, 6) is -0.295. The number of halogens is 1. The normalized spacial score (nSPS) is 17.6. The fraction of sp³-hybridized carbons (Fsp3) is 0.523. The van der Waals surface area contributed by atoms with Crippen molar-refractivity contribution < 1.29 is 42.9 Å². The molecule has 3 aromatic heterocycles. The molecule has 0 spiro atoms.